The Labute approximate surface area is 343 Å². The summed E-state index contributed by atoms with van der Waals surface area (Å²) in [4.78, 5) is 4.48. The van der Waals surface area contributed by atoms with Gasteiger partial charge in [0.15, 0.2) is 0 Å². The van der Waals surface area contributed by atoms with E-state index in [0.29, 0.717) is 5.02 Å². The molecule has 10 aromatic rings. The maximum Gasteiger partial charge on any atom is 0.0887 e. The van der Waals surface area contributed by atoms with E-state index in [4.69, 9.17) is 11.6 Å². The van der Waals surface area contributed by atoms with Crippen LogP contribution in [0.15, 0.2) is 231 Å². The molecular formula is C54H38ClN3. The third-order valence-electron chi connectivity index (χ3n) is 10.8. The second kappa shape index (κ2) is 15.3. The minimum Gasteiger partial charge on any atom is -0.309 e. The molecule has 0 bridgehead atoms. The van der Waals surface area contributed by atoms with Gasteiger partial charge in [0.25, 0.3) is 0 Å². The molecule has 1 aromatic heterocycles. The standard InChI is InChI=1S/C54H38ClN3/c55-54-52(56(43-22-10-3-11-23-43)44-24-12-4-13-25-44)30-17-31-53(54)57(45-26-14-5-15-27-45)46-28-16-29-47(38-46)58-50-34-32-41(39-18-6-1-7-19-39)36-48(50)49-37-42(33-35-51(49)58)40-20-8-2-9-21-40/h1-38H. The lowest BCUT2D eigenvalue weighted by Gasteiger charge is -2.31. The highest BCUT2D eigenvalue weighted by molar-refractivity contribution is 6.36. The zero-order valence-corrected chi connectivity index (χ0v) is 32.4. The fourth-order valence-corrected chi connectivity index (χ4v) is 8.43. The van der Waals surface area contributed by atoms with Gasteiger partial charge in [0.05, 0.1) is 27.4 Å². The molecule has 0 aliphatic heterocycles. The Balaban J connectivity index is 1.16. The van der Waals surface area contributed by atoms with Crippen LogP contribution in [0.25, 0.3) is 49.7 Å². The fraction of sp³-hybridized carbons (Fsp3) is 0. The first-order valence-corrected chi connectivity index (χ1v) is 19.9. The van der Waals surface area contributed by atoms with Crippen LogP contribution in [-0.4, -0.2) is 4.57 Å². The predicted molar refractivity (Wildman–Crippen MR) is 246 cm³/mol. The van der Waals surface area contributed by atoms with Gasteiger partial charge in [-0.15, -0.1) is 0 Å². The number of fused-ring (bicyclic) bond motifs is 3. The summed E-state index contributed by atoms with van der Waals surface area (Å²) >= 11 is 7.64. The quantitative estimate of drug-likeness (QED) is 0.145. The van der Waals surface area contributed by atoms with E-state index in [2.05, 4.69) is 227 Å². The minimum absolute atomic E-state index is 0.642. The number of hydrogen-bond acceptors (Lipinski definition) is 2. The molecule has 0 amide bonds. The van der Waals surface area contributed by atoms with E-state index < -0.39 is 0 Å². The number of halogens is 1. The Hall–Kier alpha value is -7.33. The third-order valence-corrected chi connectivity index (χ3v) is 11.2. The first-order valence-electron chi connectivity index (χ1n) is 19.5. The van der Waals surface area contributed by atoms with E-state index in [0.717, 1.165) is 50.8 Å². The van der Waals surface area contributed by atoms with Gasteiger partial charge in [-0.3, -0.25) is 0 Å². The van der Waals surface area contributed by atoms with Gasteiger partial charge in [0, 0.05) is 39.2 Å². The molecule has 0 N–H and O–H groups in total. The molecule has 1 heterocycles. The van der Waals surface area contributed by atoms with Crippen LogP contribution in [-0.2, 0) is 0 Å². The summed E-state index contributed by atoms with van der Waals surface area (Å²) in [5, 5.41) is 3.05. The maximum absolute atomic E-state index is 7.64. The van der Waals surface area contributed by atoms with Crippen LogP contribution < -0.4 is 9.80 Å². The predicted octanol–water partition coefficient (Wildman–Crippen LogP) is 15.7. The monoisotopic (exact) mass is 763 g/mol. The van der Waals surface area contributed by atoms with Crippen LogP contribution in [0.1, 0.15) is 0 Å². The largest absolute Gasteiger partial charge is 0.309 e. The topological polar surface area (TPSA) is 11.4 Å². The summed E-state index contributed by atoms with van der Waals surface area (Å²) in [5.74, 6) is 0. The van der Waals surface area contributed by atoms with Crippen molar-refractivity contribution in [2.45, 2.75) is 0 Å². The fourth-order valence-electron chi connectivity index (χ4n) is 8.13. The molecule has 0 radical (unpaired) electrons. The van der Waals surface area contributed by atoms with Crippen LogP contribution in [0.3, 0.4) is 0 Å². The van der Waals surface area contributed by atoms with Gasteiger partial charge in [-0.1, -0.05) is 151 Å². The van der Waals surface area contributed by atoms with Gasteiger partial charge in [-0.25, -0.2) is 0 Å². The summed E-state index contributed by atoms with van der Waals surface area (Å²) in [7, 11) is 0. The van der Waals surface area contributed by atoms with Crippen molar-refractivity contribution in [1.29, 1.82) is 0 Å². The molecule has 9 aromatic carbocycles. The number of aromatic nitrogens is 1. The number of para-hydroxylation sites is 3. The zero-order chi connectivity index (χ0) is 38.8. The summed E-state index contributed by atoms with van der Waals surface area (Å²) in [6.45, 7) is 0. The second-order valence-electron chi connectivity index (χ2n) is 14.3. The summed E-state index contributed by atoms with van der Waals surface area (Å²) in [6.07, 6.45) is 0. The van der Waals surface area contributed by atoms with Crippen LogP contribution in [0.5, 0.6) is 0 Å². The Morgan fingerprint density at radius 2 is 0.690 bits per heavy atom. The molecule has 0 atom stereocenters. The van der Waals surface area contributed by atoms with Crippen molar-refractivity contribution < 1.29 is 0 Å². The lowest BCUT2D eigenvalue weighted by molar-refractivity contribution is 1.17. The smallest absolute Gasteiger partial charge is 0.0887 e. The molecule has 3 nitrogen and oxygen atoms in total. The zero-order valence-electron chi connectivity index (χ0n) is 31.7. The van der Waals surface area contributed by atoms with Crippen LogP contribution in [0.4, 0.5) is 34.1 Å². The molecule has 0 aliphatic rings. The molecule has 0 unspecified atom stereocenters. The Morgan fingerprint density at radius 3 is 1.14 bits per heavy atom. The van der Waals surface area contributed by atoms with Crippen LogP contribution >= 0.6 is 11.6 Å². The van der Waals surface area contributed by atoms with Crippen molar-refractivity contribution in [3.63, 3.8) is 0 Å². The number of anilines is 6. The van der Waals surface area contributed by atoms with Gasteiger partial charge in [0.2, 0.25) is 0 Å². The highest BCUT2D eigenvalue weighted by atomic mass is 35.5. The van der Waals surface area contributed by atoms with Gasteiger partial charge < -0.3 is 14.4 Å². The van der Waals surface area contributed by atoms with Crippen molar-refractivity contribution in [3.8, 4) is 27.9 Å². The van der Waals surface area contributed by atoms with E-state index in [1.165, 1.54) is 33.0 Å². The lowest BCUT2D eigenvalue weighted by Crippen LogP contribution is -2.14. The molecule has 276 valence electrons. The van der Waals surface area contributed by atoms with Crippen LogP contribution in [0.2, 0.25) is 5.02 Å². The van der Waals surface area contributed by atoms with E-state index in [1.807, 2.05) is 18.2 Å². The molecule has 10 rings (SSSR count). The highest BCUT2D eigenvalue weighted by Gasteiger charge is 2.23. The number of benzene rings is 9. The number of rotatable bonds is 9. The van der Waals surface area contributed by atoms with Gasteiger partial charge in [-0.05, 0) is 113 Å². The normalized spacial score (nSPS) is 11.2. The average molecular weight is 764 g/mol. The molecule has 0 saturated carbocycles. The average Bonchev–Trinajstić information content (AvgIpc) is 3.62. The third kappa shape index (κ3) is 6.48. The Kier molecular flexibility index (Phi) is 9.27. The lowest BCUT2D eigenvalue weighted by atomic mass is 10.0. The SMILES string of the molecule is Clc1c(N(c2ccccc2)c2ccccc2)cccc1N(c1ccccc1)c1cccc(-n2c3ccc(-c4ccccc4)cc3c3cc(-c4ccccc4)ccc32)c1. The molecule has 0 aliphatic carbocycles. The Bertz CT molecular complexity index is 2860. The maximum atomic E-state index is 7.64. The van der Waals surface area contributed by atoms with Crippen molar-refractivity contribution in [2.75, 3.05) is 9.80 Å². The molecule has 0 fully saturated rings. The second-order valence-corrected chi connectivity index (χ2v) is 14.7. The summed E-state index contributed by atoms with van der Waals surface area (Å²) < 4.78 is 2.39. The number of hydrogen-bond donors (Lipinski definition) is 0. The molecule has 4 heteroatoms. The van der Waals surface area contributed by atoms with Crippen molar-refractivity contribution in [3.05, 3.63) is 236 Å². The Morgan fingerprint density at radius 1 is 0.310 bits per heavy atom. The first kappa shape index (κ1) is 35.1. The highest BCUT2D eigenvalue weighted by Crippen LogP contribution is 2.47. The molecular weight excluding hydrogens is 726 g/mol. The van der Waals surface area contributed by atoms with Crippen molar-refractivity contribution in [1.82, 2.24) is 4.57 Å². The van der Waals surface area contributed by atoms with Gasteiger partial charge in [0.1, 0.15) is 0 Å². The van der Waals surface area contributed by atoms with E-state index in [9.17, 15) is 0 Å². The van der Waals surface area contributed by atoms with E-state index in [1.54, 1.807) is 0 Å². The summed E-state index contributed by atoms with van der Waals surface area (Å²) in [6, 6.07) is 81.3. The van der Waals surface area contributed by atoms with Crippen molar-refractivity contribution in [2.24, 2.45) is 0 Å². The van der Waals surface area contributed by atoms with Gasteiger partial charge >= 0.3 is 0 Å². The molecule has 0 saturated heterocycles. The van der Waals surface area contributed by atoms with Crippen molar-refractivity contribution >= 4 is 67.5 Å². The molecule has 58 heavy (non-hydrogen) atoms. The van der Waals surface area contributed by atoms with E-state index >= 15 is 0 Å². The van der Waals surface area contributed by atoms with E-state index in [-0.39, 0.29) is 0 Å². The first-order chi connectivity index (χ1) is 28.7. The molecule has 0 spiro atoms. The summed E-state index contributed by atoms with van der Waals surface area (Å²) in [5.41, 5.74) is 13.9. The van der Waals surface area contributed by atoms with Crippen LogP contribution in [0, 0.1) is 0 Å². The number of nitrogens with zero attached hydrogens (tertiary/aromatic N) is 3. The van der Waals surface area contributed by atoms with Gasteiger partial charge in [-0.2, -0.15) is 0 Å². The minimum atomic E-state index is 0.642.